The molecule has 0 bridgehead atoms. The van der Waals surface area contributed by atoms with Gasteiger partial charge in [0.25, 0.3) is 0 Å². The van der Waals surface area contributed by atoms with Crippen LogP contribution in [0.3, 0.4) is 0 Å². The zero-order chi connectivity index (χ0) is 11.9. The number of rotatable bonds is 4. The number of nitrogens with zero attached hydrogens (tertiary/aromatic N) is 1. The van der Waals surface area contributed by atoms with Crippen molar-refractivity contribution in [1.29, 1.82) is 0 Å². The molecule has 0 spiro atoms. The molecule has 0 heterocycles. The normalized spacial score (nSPS) is 10.6. The molecule has 1 amide bonds. The highest BCUT2D eigenvalue weighted by atomic mass is 16.6. The average molecular weight is 213 g/mol. The zero-order valence-corrected chi connectivity index (χ0v) is 9.87. The fraction of sp³-hybridized carbons (Fsp3) is 0.727. The molecule has 0 aliphatic heterocycles. The van der Waals surface area contributed by atoms with Crippen LogP contribution in [-0.2, 0) is 9.47 Å². The van der Waals surface area contributed by atoms with E-state index in [4.69, 9.17) is 15.9 Å². The second-order valence-electron chi connectivity index (χ2n) is 4.10. The van der Waals surface area contributed by atoms with Gasteiger partial charge in [-0.1, -0.05) is 5.92 Å². The summed E-state index contributed by atoms with van der Waals surface area (Å²) in [5.74, 6) is 2.41. The maximum absolute atomic E-state index is 11.6. The van der Waals surface area contributed by atoms with Crippen molar-refractivity contribution in [3.8, 4) is 12.3 Å². The van der Waals surface area contributed by atoms with Crippen LogP contribution in [0.4, 0.5) is 4.79 Å². The minimum Gasteiger partial charge on any atom is -0.444 e. The molecule has 0 aliphatic rings. The molecule has 0 radical (unpaired) electrons. The van der Waals surface area contributed by atoms with Crippen LogP contribution in [0.2, 0.25) is 0 Å². The molecule has 0 aromatic rings. The number of ether oxygens (including phenoxy) is 2. The first-order valence-corrected chi connectivity index (χ1v) is 4.81. The van der Waals surface area contributed by atoms with Crippen LogP contribution < -0.4 is 0 Å². The van der Waals surface area contributed by atoms with Crippen LogP contribution in [0.15, 0.2) is 0 Å². The van der Waals surface area contributed by atoms with Gasteiger partial charge in [-0.15, -0.1) is 6.42 Å². The first-order chi connectivity index (χ1) is 6.90. The van der Waals surface area contributed by atoms with Gasteiger partial charge in [-0.25, -0.2) is 4.79 Å². The van der Waals surface area contributed by atoms with Gasteiger partial charge in [0.15, 0.2) is 0 Å². The molecular weight excluding hydrogens is 194 g/mol. The first-order valence-electron chi connectivity index (χ1n) is 4.81. The van der Waals surface area contributed by atoms with Crippen molar-refractivity contribution in [2.24, 2.45) is 0 Å². The number of carbonyl (C=O) groups is 1. The Kier molecular flexibility index (Phi) is 5.80. The van der Waals surface area contributed by atoms with Crippen molar-refractivity contribution in [2.75, 3.05) is 26.8 Å². The number of methoxy groups -OCH3 is 1. The van der Waals surface area contributed by atoms with Gasteiger partial charge < -0.3 is 9.47 Å². The summed E-state index contributed by atoms with van der Waals surface area (Å²) < 4.78 is 10.1. The van der Waals surface area contributed by atoms with E-state index in [2.05, 4.69) is 5.92 Å². The van der Waals surface area contributed by atoms with E-state index in [1.54, 1.807) is 7.11 Å². The maximum Gasteiger partial charge on any atom is 0.411 e. The van der Waals surface area contributed by atoms with Crippen LogP contribution in [-0.4, -0.2) is 43.4 Å². The molecule has 0 fully saturated rings. The summed E-state index contributed by atoms with van der Waals surface area (Å²) >= 11 is 0. The Labute approximate surface area is 91.5 Å². The second kappa shape index (κ2) is 6.31. The Hall–Kier alpha value is -1.21. The molecule has 86 valence electrons. The number of amides is 1. The van der Waals surface area contributed by atoms with E-state index in [1.165, 1.54) is 4.90 Å². The van der Waals surface area contributed by atoms with E-state index in [0.29, 0.717) is 13.2 Å². The number of hydrogen-bond acceptors (Lipinski definition) is 3. The molecule has 0 aromatic carbocycles. The summed E-state index contributed by atoms with van der Waals surface area (Å²) in [6.07, 6.45) is 4.76. The van der Waals surface area contributed by atoms with Gasteiger partial charge in [0.05, 0.1) is 13.2 Å². The van der Waals surface area contributed by atoms with Crippen molar-refractivity contribution in [1.82, 2.24) is 4.90 Å². The highest BCUT2D eigenvalue weighted by molar-refractivity contribution is 5.68. The van der Waals surface area contributed by atoms with Gasteiger partial charge in [0.2, 0.25) is 0 Å². The summed E-state index contributed by atoms with van der Waals surface area (Å²) in [5, 5.41) is 0. The van der Waals surface area contributed by atoms with Crippen molar-refractivity contribution >= 4 is 6.09 Å². The first kappa shape index (κ1) is 13.8. The van der Waals surface area contributed by atoms with Gasteiger partial charge >= 0.3 is 6.09 Å². The smallest absolute Gasteiger partial charge is 0.411 e. The van der Waals surface area contributed by atoms with Crippen molar-refractivity contribution in [2.45, 2.75) is 26.4 Å². The lowest BCUT2D eigenvalue weighted by Crippen LogP contribution is -2.38. The van der Waals surface area contributed by atoms with Crippen LogP contribution in [0.1, 0.15) is 20.8 Å². The fourth-order valence-corrected chi connectivity index (χ4v) is 0.873. The zero-order valence-electron chi connectivity index (χ0n) is 9.87. The lowest BCUT2D eigenvalue weighted by atomic mass is 10.2. The van der Waals surface area contributed by atoms with E-state index in [-0.39, 0.29) is 6.54 Å². The lowest BCUT2D eigenvalue weighted by molar-refractivity contribution is 0.0230. The monoisotopic (exact) mass is 213 g/mol. The molecular formula is C11H19NO3. The Morgan fingerprint density at radius 1 is 1.47 bits per heavy atom. The second-order valence-corrected chi connectivity index (χ2v) is 4.10. The molecule has 0 aromatic heterocycles. The van der Waals surface area contributed by atoms with Crippen LogP contribution >= 0.6 is 0 Å². The van der Waals surface area contributed by atoms with E-state index in [0.717, 1.165) is 0 Å². The SMILES string of the molecule is C#CCN(CCOC)C(=O)OC(C)(C)C. The highest BCUT2D eigenvalue weighted by Gasteiger charge is 2.21. The predicted molar refractivity (Wildman–Crippen MR) is 58.5 cm³/mol. The van der Waals surface area contributed by atoms with Gasteiger partial charge in [-0.05, 0) is 20.8 Å². The van der Waals surface area contributed by atoms with E-state index in [1.807, 2.05) is 20.8 Å². The molecule has 0 N–H and O–H groups in total. The summed E-state index contributed by atoms with van der Waals surface area (Å²) in [6, 6.07) is 0. The van der Waals surface area contributed by atoms with Crippen molar-refractivity contribution in [3.05, 3.63) is 0 Å². The Morgan fingerprint density at radius 2 is 2.07 bits per heavy atom. The van der Waals surface area contributed by atoms with Crippen LogP contribution in [0, 0.1) is 12.3 Å². The number of terminal acetylenes is 1. The molecule has 0 aliphatic carbocycles. The molecule has 4 heteroatoms. The largest absolute Gasteiger partial charge is 0.444 e. The van der Waals surface area contributed by atoms with Gasteiger partial charge in [-0.2, -0.15) is 0 Å². The summed E-state index contributed by atoms with van der Waals surface area (Å²) in [5.41, 5.74) is -0.503. The van der Waals surface area contributed by atoms with E-state index in [9.17, 15) is 4.79 Å². The molecule has 0 atom stereocenters. The Morgan fingerprint density at radius 3 is 2.47 bits per heavy atom. The topological polar surface area (TPSA) is 38.8 Å². The Bertz CT molecular complexity index is 237. The number of carbonyl (C=O) groups excluding carboxylic acids is 1. The lowest BCUT2D eigenvalue weighted by Gasteiger charge is -2.25. The van der Waals surface area contributed by atoms with Gasteiger partial charge in [-0.3, -0.25) is 4.90 Å². The van der Waals surface area contributed by atoms with Gasteiger partial charge in [0, 0.05) is 13.7 Å². The third kappa shape index (κ3) is 6.81. The minimum absolute atomic E-state index is 0.234. The summed E-state index contributed by atoms with van der Waals surface area (Å²) in [6.45, 7) is 6.56. The Balaban J connectivity index is 4.23. The predicted octanol–water partition coefficient (Wildman–Crippen LogP) is 1.50. The van der Waals surface area contributed by atoms with E-state index < -0.39 is 11.7 Å². The third-order valence-electron chi connectivity index (χ3n) is 1.50. The molecule has 0 unspecified atom stereocenters. The van der Waals surface area contributed by atoms with Crippen molar-refractivity contribution < 1.29 is 14.3 Å². The molecule has 0 rings (SSSR count). The highest BCUT2D eigenvalue weighted by Crippen LogP contribution is 2.09. The van der Waals surface area contributed by atoms with Crippen LogP contribution in [0.5, 0.6) is 0 Å². The standard InChI is InChI=1S/C11H19NO3/c1-6-7-12(8-9-14-5)10(13)15-11(2,3)4/h1H,7-9H2,2-5H3. The van der Waals surface area contributed by atoms with Crippen molar-refractivity contribution in [3.63, 3.8) is 0 Å². The minimum atomic E-state index is -0.503. The molecule has 0 saturated heterocycles. The van der Waals surface area contributed by atoms with E-state index >= 15 is 0 Å². The average Bonchev–Trinajstić information content (AvgIpc) is 2.09. The molecule has 0 saturated carbocycles. The quantitative estimate of drug-likeness (QED) is 0.664. The summed E-state index contributed by atoms with van der Waals surface area (Å²) in [7, 11) is 1.57. The molecule has 4 nitrogen and oxygen atoms in total. The van der Waals surface area contributed by atoms with Gasteiger partial charge in [0.1, 0.15) is 5.60 Å². The third-order valence-corrected chi connectivity index (χ3v) is 1.50. The number of hydrogen-bond donors (Lipinski definition) is 0. The maximum atomic E-state index is 11.6. The molecule has 15 heavy (non-hydrogen) atoms. The van der Waals surface area contributed by atoms with Crippen LogP contribution in [0.25, 0.3) is 0 Å². The summed E-state index contributed by atoms with van der Waals surface area (Å²) in [4.78, 5) is 13.0. The fourth-order valence-electron chi connectivity index (χ4n) is 0.873.